The predicted octanol–water partition coefficient (Wildman–Crippen LogP) is 5.84. The molecule has 0 aliphatic carbocycles. The largest absolute Gasteiger partial charge is 0.481 e. The van der Waals surface area contributed by atoms with E-state index in [-0.39, 0.29) is 29.5 Å². The standard InChI is InChI=1S/C20H32O2.Mg/c1-2-3-4-5-6-7-8-9-10-11-12-13-14-15-16-17-18-19-20(21)22;/h6-7,9-10,12-13,15-16H,2-5,8,11,14,17-19H2,1H3,(H,21,22);/b7-6-,10-9-,13-12-,16-15-;. The number of carbonyl (C=O) groups is 1. The highest BCUT2D eigenvalue weighted by Gasteiger charge is 1.92. The van der Waals surface area contributed by atoms with E-state index in [9.17, 15) is 4.79 Å². The van der Waals surface area contributed by atoms with Crippen LogP contribution in [0.25, 0.3) is 0 Å². The Balaban J connectivity index is 0. The maximum absolute atomic E-state index is 10.3. The van der Waals surface area contributed by atoms with Crippen LogP contribution in [0, 0.1) is 0 Å². The second-order valence-corrected chi connectivity index (χ2v) is 5.37. The Kier molecular flexibility index (Phi) is 22.5. The molecule has 0 atom stereocenters. The van der Waals surface area contributed by atoms with E-state index in [4.69, 9.17) is 5.11 Å². The van der Waals surface area contributed by atoms with Crippen LogP contribution in [0.2, 0.25) is 0 Å². The number of unbranched alkanes of at least 4 members (excludes halogenated alkanes) is 4. The molecule has 0 unspecified atom stereocenters. The third kappa shape index (κ3) is 23.6. The van der Waals surface area contributed by atoms with Gasteiger partial charge in [0.25, 0.3) is 0 Å². The summed E-state index contributed by atoms with van der Waals surface area (Å²) in [4.78, 5) is 10.3. The summed E-state index contributed by atoms with van der Waals surface area (Å²) < 4.78 is 0. The first kappa shape index (κ1) is 24.4. The van der Waals surface area contributed by atoms with E-state index >= 15 is 0 Å². The quantitative estimate of drug-likeness (QED) is 0.247. The van der Waals surface area contributed by atoms with Crippen LogP contribution in [-0.2, 0) is 4.79 Å². The molecule has 1 N–H and O–H groups in total. The molecule has 0 saturated heterocycles. The van der Waals surface area contributed by atoms with Gasteiger partial charge in [-0.2, -0.15) is 0 Å². The van der Waals surface area contributed by atoms with Crippen molar-refractivity contribution in [2.24, 2.45) is 0 Å². The fourth-order valence-electron chi connectivity index (χ4n) is 1.93. The van der Waals surface area contributed by atoms with Crippen LogP contribution in [0.4, 0.5) is 0 Å². The molecule has 0 aromatic carbocycles. The Morgan fingerprint density at radius 2 is 1.17 bits per heavy atom. The fraction of sp³-hybridized carbons (Fsp3) is 0.550. The molecule has 0 aliphatic heterocycles. The molecule has 0 heterocycles. The zero-order valence-corrected chi connectivity index (χ0v) is 16.2. The molecule has 0 saturated carbocycles. The highest BCUT2D eigenvalue weighted by molar-refractivity contribution is 5.75. The topological polar surface area (TPSA) is 37.3 Å². The van der Waals surface area contributed by atoms with E-state index < -0.39 is 5.97 Å². The maximum Gasteiger partial charge on any atom is 0.303 e. The van der Waals surface area contributed by atoms with Crippen molar-refractivity contribution < 1.29 is 9.90 Å². The second-order valence-electron chi connectivity index (χ2n) is 5.37. The van der Waals surface area contributed by atoms with Crippen molar-refractivity contribution in [3.8, 4) is 0 Å². The summed E-state index contributed by atoms with van der Waals surface area (Å²) in [6.45, 7) is 2.23. The molecule has 0 aromatic rings. The van der Waals surface area contributed by atoms with Crippen LogP contribution in [0.3, 0.4) is 0 Å². The van der Waals surface area contributed by atoms with Gasteiger partial charge in [-0.05, 0) is 44.9 Å². The zero-order chi connectivity index (χ0) is 16.3. The average molecular weight is 329 g/mol. The third-order valence-electron chi connectivity index (χ3n) is 3.22. The molecule has 126 valence electrons. The summed E-state index contributed by atoms with van der Waals surface area (Å²) in [5.41, 5.74) is 0. The minimum atomic E-state index is -0.712. The van der Waals surface area contributed by atoms with Crippen LogP contribution in [0.15, 0.2) is 48.6 Å². The molecule has 0 fully saturated rings. The average Bonchev–Trinajstić information content (AvgIpc) is 2.50. The molecular formula is C20H32MgO2. The summed E-state index contributed by atoms with van der Waals surface area (Å²) >= 11 is 0. The van der Waals surface area contributed by atoms with Crippen LogP contribution < -0.4 is 0 Å². The van der Waals surface area contributed by atoms with Gasteiger partial charge in [0.1, 0.15) is 0 Å². The smallest absolute Gasteiger partial charge is 0.303 e. The highest BCUT2D eigenvalue weighted by Crippen LogP contribution is 2.01. The SMILES string of the molecule is CCCCC/C=C\C/C=C\C/C=C\C/C=C\CCCC(=O)O.[Mg]. The molecule has 0 rings (SSSR count). The van der Waals surface area contributed by atoms with Gasteiger partial charge in [0.15, 0.2) is 0 Å². The fourth-order valence-corrected chi connectivity index (χ4v) is 1.93. The normalized spacial score (nSPS) is 11.9. The first-order chi connectivity index (χ1) is 10.8. The van der Waals surface area contributed by atoms with E-state index in [0.717, 1.165) is 32.1 Å². The second kappa shape index (κ2) is 21.2. The highest BCUT2D eigenvalue weighted by atomic mass is 24.3. The summed E-state index contributed by atoms with van der Waals surface area (Å²) in [7, 11) is 0. The van der Waals surface area contributed by atoms with Gasteiger partial charge in [-0.1, -0.05) is 68.4 Å². The number of aliphatic carboxylic acids is 1. The lowest BCUT2D eigenvalue weighted by molar-refractivity contribution is -0.137. The molecule has 23 heavy (non-hydrogen) atoms. The van der Waals surface area contributed by atoms with E-state index in [2.05, 4.69) is 55.5 Å². The lowest BCUT2D eigenvalue weighted by Crippen LogP contribution is -1.92. The number of allylic oxidation sites excluding steroid dienone is 8. The van der Waals surface area contributed by atoms with Crippen molar-refractivity contribution >= 4 is 29.0 Å². The summed E-state index contributed by atoms with van der Waals surface area (Å²) in [6.07, 6.45) is 27.3. The van der Waals surface area contributed by atoms with Gasteiger partial charge in [-0.15, -0.1) is 0 Å². The monoisotopic (exact) mass is 328 g/mol. The van der Waals surface area contributed by atoms with Gasteiger partial charge in [0.2, 0.25) is 0 Å². The Labute approximate surface area is 158 Å². The van der Waals surface area contributed by atoms with Crippen molar-refractivity contribution in [3.05, 3.63) is 48.6 Å². The van der Waals surface area contributed by atoms with E-state index in [1.807, 2.05) is 0 Å². The minimum absolute atomic E-state index is 0. The molecular weight excluding hydrogens is 297 g/mol. The predicted molar refractivity (Wildman–Crippen MR) is 102 cm³/mol. The lowest BCUT2D eigenvalue weighted by Gasteiger charge is -1.90. The van der Waals surface area contributed by atoms with E-state index in [1.165, 1.54) is 25.7 Å². The Morgan fingerprint density at radius 1 is 0.739 bits per heavy atom. The molecule has 0 amide bonds. The summed E-state index contributed by atoms with van der Waals surface area (Å²) in [5, 5.41) is 8.49. The van der Waals surface area contributed by atoms with Gasteiger partial charge in [-0.25, -0.2) is 0 Å². The van der Waals surface area contributed by atoms with Crippen LogP contribution >= 0.6 is 0 Å². The van der Waals surface area contributed by atoms with Crippen molar-refractivity contribution in [1.82, 2.24) is 0 Å². The summed E-state index contributed by atoms with van der Waals surface area (Å²) in [6, 6.07) is 0. The van der Waals surface area contributed by atoms with E-state index in [1.54, 1.807) is 0 Å². The molecule has 2 radical (unpaired) electrons. The lowest BCUT2D eigenvalue weighted by atomic mass is 10.2. The molecule has 0 aromatic heterocycles. The molecule has 3 heteroatoms. The number of carboxylic acids is 1. The molecule has 0 spiro atoms. The van der Waals surface area contributed by atoms with Crippen molar-refractivity contribution in [1.29, 1.82) is 0 Å². The van der Waals surface area contributed by atoms with Gasteiger partial charge < -0.3 is 5.11 Å². The van der Waals surface area contributed by atoms with Crippen molar-refractivity contribution in [2.45, 2.75) is 71.1 Å². The van der Waals surface area contributed by atoms with Crippen molar-refractivity contribution in [2.75, 3.05) is 0 Å². The number of carboxylic acid groups (broad SMARTS) is 1. The minimum Gasteiger partial charge on any atom is -0.481 e. The Hall–Kier alpha value is -0.804. The Bertz CT molecular complexity index is 368. The summed E-state index contributed by atoms with van der Waals surface area (Å²) in [5.74, 6) is -0.712. The first-order valence-electron chi connectivity index (χ1n) is 8.59. The van der Waals surface area contributed by atoms with Gasteiger partial charge >= 0.3 is 5.97 Å². The van der Waals surface area contributed by atoms with Gasteiger partial charge in [-0.3, -0.25) is 4.79 Å². The molecule has 2 nitrogen and oxygen atoms in total. The number of hydrogen-bond acceptors (Lipinski definition) is 1. The first-order valence-corrected chi connectivity index (χ1v) is 8.59. The zero-order valence-electron chi connectivity index (χ0n) is 14.8. The molecule has 0 bridgehead atoms. The van der Waals surface area contributed by atoms with Crippen molar-refractivity contribution in [3.63, 3.8) is 0 Å². The van der Waals surface area contributed by atoms with Crippen LogP contribution in [0.1, 0.15) is 71.1 Å². The molecule has 0 aliphatic rings. The Morgan fingerprint density at radius 3 is 1.61 bits per heavy atom. The van der Waals surface area contributed by atoms with Crippen LogP contribution in [0.5, 0.6) is 0 Å². The number of hydrogen-bond donors (Lipinski definition) is 1. The third-order valence-corrected chi connectivity index (χ3v) is 3.22. The van der Waals surface area contributed by atoms with Gasteiger partial charge in [0, 0.05) is 29.5 Å². The van der Waals surface area contributed by atoms with Crippen LogP contribution in [-0.4, -0.2) is 34.1 Å². The van der Waals surface area contributed by atoms with Gasteiger partial charge in [0.05, 0.1) is 0 Å². The maximum atomic E-state index is 10.3. The van der Waals surface area contributed by atoms with E-state index in [0.29, 0.717) is 0 Å². The number of rotatable bonds is 14.